The monoisotopic (exact) mass is 319 g/mol. The van der Waals surface area contributed by atoms with Gasteiger partial charge in [-0.25, -0.2) is 9.59 Å². The van der Waals surface area contributed by atoms with Gasteiger partial charge in [-0.3, -0.25) is 0 Å². The van der Waals surface area contributed by atoms with Crippen LogP contribution >= 0.6 is 0 Å². The van der Waals surface area contributed by atoms with Crippen molar-refractivity contribution in [1.29, 1.82) is 0 Å². The van der Waals surface area contributed by atoms with Gasteiger partial charge in [0.15, 0.2) is 0 Å². The van der Waals surface area contributed by atoms with Crippen LogP contribution in [0.1, 0.15) is 31.9 Å². The summed E-state index contributed by atoms with van der Waals surface area (Å²) >= 11 is 0. The summed E-state index contributed by atoms with van der Waals surface area (Å²) in [6.45, 7) is 7.99. The van der Waals surface area contributed by atoms with E-state index >= 15 is 0 Å². The van der Waals surface area contributed by atoms with E-state index in [4.69, 9.17) is 4.74 Å². The maximum Gasteiger partial charge on any atom is 0.407 e. The van der Waals surface area contributed by atoms with Gasteiger partial charge in [0, 0.05) is 19.3 Å². The summed E-state index contributed by atoms with van der Waals surface area (Å²) in [5, 5.41) is 7.79. The minimum atomic E-state index is -0.532. The maximum absolute atomic E-state index is 11.6. The molecule has 0 unspecified atom stereocenters. The third kappa shape index (κ3) is 9.18. The van der Waals surface area contributed by atoms with Gasteiger partial charge < -0.3 is 20.7 Å². The number of carbonyl (C=O) groups excluding carboxylic acids is 2. The molecule has 1 rings (SSSR count). The summed E-state index contributed by atoms with van der Waals surface area (Å²) in [4.78, 5) is 22.9. The van der Waals surface area contributed by atoms with Crippen LogP contribution in [0.5, 0.6) is 0 Å². The standard InChI is InChI=1S/C17H25N3O3/c1-13-6-5-7-14(12-13)8-9-18-15(21)19-10-11-20-16(22)23-17(2,3)4/h5-9,12H,10-11H2,1-4H3,(H,20,22)(H2,18,19,21)/b9-8+. The van der Waals surface area contributed by atoms with E-state index in [9.17, 15) is 9.59 Å². The Morgan fingerprint density at radius 2 is 1.87 bits per heavy atom. The van der Waals surface area contributed by atoms with Crippen LogP contribution in [-0.2, 0) is 4.74 Å². The molecule has 0 heterocycles. The number of hydrogen-bond donors (Lipinski definition) is 3. The quantitative estimate of drug-likeness (QED) is 0.730. The van der Waals surface area contributed by atoms with Crippen molar-refractivity contribution in [1.82, 2.24) is 16.0 Å². The molecule has 6 heteroatoms. The molecule has 0 aromatic heterocycles. The van der Waals surface area contributed by atoms with Crippen molar-refractivity contribution in [2.75, 3.05) is 13.1 Å². The van der Waals surface area contributed by atoms with Crippen LogP contribution < -0.4 is 16.0 Å². The highest BCUT2D eigenvalue weighted by molar-refractivity contribution is 5.76. The lowest BCUT2D eigenvalue weighted by Gasteiger charge is -2.19. The van der Waals surface area contributed by atoms with Crippen molar-refractivity contribution in [3.63, 3.8) is 0 Å². The molecule has 1 aromatic rings. The van der Waals surface area contributed by atoms with Gasteiger partial charge in [0.25, 0.3) is 0 Å². The Morgan fingerprint density at radius 3 is 2.52 bits per heavy atom. The molecule has 0 aliphatic carbocycles. The predicted octanol–water partition coefficient (Wildman–Crippen LogP) is 2.79. The van der Waals surface area contributed by atoms with Crippen LogP contribution in [0.15, 0.2) is 30.5 Å². The molecule has 0 aliphatic heterocycles. The number of amides is 3. The molecular formula is C17H25N3O3. The average molecular weight is 319 g/mol. The van der Waals surface area contributed by atoms with Gasteiger partial charge >= 0.3 is 12.1 Å². The number of nitrogens with one attached hydrogen (secondary N) is 3. The Balaban J connectivity index is 2.19. The largest absolute Gasteiger partial charge is 0.444 e. The first kappa shape index (κ1) is 18.5. The molecule has 6 nitrogen and oxygen atoms in total. The lowest BCUT2D eigenvalue weighted by atomic mass is 10.1. The van der Waals surface area contributed by atoms with E-state index in [0.717, 1.165) is 11.1 Å². The van der Waals surface area contributed by atoms with E-state index in [1.54, 1.807) is 27.0 Å². The molecule has 0 radical (unpaired) electrons. The first-order valence-corrected chi connectivity index (χ1v) is 7.51. The maximum atomic E-state index is 11.6. The van der Waals surface area contributed by atoms with Crippen molar-refractivity contribution in [3.05, 3.63) is 41.6 Å². The van der Waals surface area contributed by atoms with E-state index in [-0.39, 0.29) is 6.03 Å². The Kier molecular flexibility index (Phi) is 7.12. The average Bonchev–Trinajstić information content (AvgIpc) is 2.42. The van der Waals surface area contributed by atoms with Crippen molar-refractivity contribution in [2.45, 2.75) is 33.3 Å². The van der Waals surface area contributed by atoms with Crippen LogP contribution in [0.4, 0.5) is 9.59 Å². The lowest BCUT2D eigenvalue weighted by molar-refractivity contribution is 0.0528. The normalized spacial score (nSPS) is 11.1. The SMILES string of the molecule is Cc1cccc(/C=C/NC(=O)NCCNC(=O)OC(C)(C)C)c1. The Labute approximate surface area is 137 Å². The minimum Gasteiger partial charge on any atom is -0.444 e. The number of urea groups is 1. The smallest absolute Gasteiger partial charge is 0.407 e. The molecule has 0 saturated heterocycles. The van der Waals surface area contributed by atoms with Gasteiger partial charge in [-0.2, -0.15) is 0 Å². The molecular weight excluding hydrogens is 294 g/mol. The molecule has 0 bridgehead atoms. The summed E-state index contributed by atoms with van der Waals surface area (Å²) in [7, 11) is 0. The number of hydrogen-bond acceptors (Lipinski definition) is 3. The summed E-state index contributed by atoms with van der Waals surface area (Å²) in [6.07, 6.45) is 2.88. The third-order valence-corrected chi connectivity index (χ3v) is 2.61. The van der Waals surface area contributed by atoms with E-state index in [0.29, 0.717) is 13.1 Å². The Morgan fingerprint density at radius 1 is 1.17 bits per heavy atom. The molecule has 0 aliphatic rings. The van der Waals surface area contributed by atoms with Crippen LogP contribution in [0.25, 0.3) is 6.08 Å². The molecule has 0 spiro atoms. The summed E-state index contributed by atoms with van der Waals surface area (Å²) in [5.74, 6) is 0. The van der Waals surface area contributed by atoms with E-state index in [1.165, 1.54) is 0 Å². The highest BCUT2D eigenvalue weighted by Crippen LogP contribution is 2.06. The second-order valence-corrected chi connectivity index (χ2v) is 6.08. The fourth-order valence-electron chi connectivity index (χ4n) is 1.69. The second-order valence-electron chi connectivity index (χ2n) is 6.08. The van der Waals surface area contributed by atoms with Crippen LogP contribution in [0, 0.1) is 6.92 Å². The number of carbonyl (C=O) groups is 2. The van der Waals surface area contributed by atoms with Crippen molar-refractivity contribution >= 4 is 18.2 Å². The summed E-state index contributed by atoms with van der Waals surface area (Å²) in [5.41, 5.74) is 1.64. The molecule has 0 atom stereocenters. The van der Waals surface area contributed by atoms with Crippen LogP contribution in [0.2, 0.25) is 0 Å². The first-order valence-electron chi connectivity index (χ1n) is 7.51. The van der Waals surface area contributed by atoms with E-state index < -0.39 is 11.7 Å². The Hall–Kier alpha value is -2.50. The number of benzene rings is 1. The zero-order valence-corrected chi connectivity index (χ0v) is 14.1. The number of aryl methyl sites for hydroxylation is 1. The molecule has 0 saturated carbocycles. The topological polar surface area (TPSA) is 79.5 Å². The van der Waals surface area contributed by atoms with Gasteiger partial charge in [0.2, 0.25) is 0 Å². The zero-order chi connectivity index (χ0) is 17.3. The van der Waals surface area contributed by atoms with Crippen LogP contribution in [0.3, 0.4) is 0 Å². The molecule has 3 N–H and O–H groups in total. The predicted molar refractivity (Wildman–Crippen MR) is 91.0 cm³/mol. The highest BCUT2D eigenvalue weighted by Gasteiger charge is 2.15. The van der Waals surface area contributed by atoms with Gasteiger partial charge in [0.05, 0.1) is 0 Å². The summed E-state index contributed by atoms with van der Waals surface area (Å²) in [6, 6.07) is 7.60. The molecule has 3 amide bonds. The first-order chi connectivity index (χ1) is 10.8. The molecule has 126 valence electrons. The fraction of sp³-hybridized carbons (Fsp3) is 0.412. The third-order valence-electron chi connectivity index (χ3n) is 2.61. The van der Waals surface area contributed by atoms with Gasteiger partial charge in [-0.05, 0) is 39.3 Å². The Bertz CT molecular complexity index is 562. The molecule has 1 aromatic carbocycles. The minimum absolute atomic E-state index is 0.296. The molecule has 0 fully saturated rings. The number of alkyl carbamates (subject to hydrolysis) is 1. The number of ether oxygens (including phenoxy) is 1. The fourth-order valence-corrected chi connectivity index (χ4v) is 1.69. The molecule has 23 heavy (non-hydrogen) atoms. The van der Waals surface area contributed by atoms with Crippen LogP contribution in [-0.4, -0.2) is 30.8 Å². The van der Waals surface area contributed by atoms with Crippen molar-refractivity contribution < 1.29 is 14.3 Å². The second kappa shape index (κ2) is 8.82. The van der Waals surface area contributed by atoms with Crippen molar-refractivity contribution in [2.24, 2.45) is 0 Å². The van der Waals surface area contributed by atoms with Gasteiger partial charge in [-0.1, -0.05) is 29.8 Å². The lowest BCUT2D eigenvalue weighted by Crippen LogP contribution is -2.40. The van der Waals surface area contributed by atoms with Crippen molar-refractivity contribution in [3.8, 4) is 0 Å². The van der Waals surface area contributed by atoms with E-state index in [2.05, 4.69) is 16.0 Å². The number of rotatable bonds is 5. The van der Waals surface area contributed by atoms with Gasteiger partial charge in [0.1, 0.15) is 5.60 Å². The van der Waals surface area contributed by atoms with Gasteiger partial charge in [-0.15, -0.1) is 0 Å². The highest BCUT2D eigenvalue weighted by atomic mass is 16.6. The summed E-state index contributed by atoms with van der Waals surface area (Å²) < 4.78 is 5.08. The van der Waals surface area contributed by atoms with E-state index in [1.807, 2.05) is 37.3 Å². The zero-order valence-electron chi connectivity index (χ0n) is 14.1.